The minimum absolute atomic E-state index is 0.594. The van der Waals surface area contributed by atoms with Crippen molar-refractivity contribution in [2.24, 2.45) is 0 Å². The lowest BCUT2D eigenvalue weighted by Crippen LogP contribution is -1.94. The zero-order valence-corrected chi connectivity index (χ0v) is 9.89. The maximum Gasteiger partial charge on any atom is 0.199 e. The van der Waals surface area contributed by atoms with Crippen LogP contribution in [0.2, 0.25) is 0 Å². The van der Waals surface area contributed by atoms with Crippen molar-refractivity contribution in [1.82, 2.24) is 14.8 Å². The highest BCUT2D eigenvalue weighted by molar-refractivity contribution is 9.10. The number of hydrogen-bond donors (Lipinski definition) is 1. The standard InChI is InChI=1S/C9H8BrN3S/c1-6-2-3-7(10)8(4-6)13-5-11-12-9(13)14/h2-5H,1H3,(H,12,14). The average molecular weight is 270 g/mol. The number of H-pyrrole nitrogens is 1. The van der Waals surface area contributed by atoms with Crippen molar-refractivity contribution in [3.63, 3.8) is 0 Å². The van der Waals surface area contributed by atoms with Crippen LogP contribution in [0.25, 0.3) is 5.69 Å². The fourth-order valence-corrected chi connectivity index (χ4v) is 1.86. The molecule has 1 aromatic heterocycles. The summed E-state index contributed by atoms with van der Waals surface area (Å²) in [5.41, 5.74) is 2.19. The lowest BCUT2D eigenvalue weighted by Gasteiger charge is -2.05. The normalized spacial score (nSPS) is 10.4. The first kappa shape index (κ1) is 9.61. The van der Waals surface area contributed by atoms with Gasteiger partial charge in [0.2, 0.25) is 0 Å². The number of aromatic nitrogens is 3. The lowest BCUT2D eigenvalue weighted by molar-refractivity contribution is 1.02. The first-order valence-electron chi connectivity index (χ1n) is 4.07. The van der Waals surface area contributed by atoms with Crippen molar-refractivity contribution >= 4 is 28.1 Å². The molecule has 0 saturated heterocycles. The van der Waals surface area contributed by atoms with Crippen molar-refractivity contribution in [3.05, 3.63) is 39.3 Å². The van der Waals surface area contributed by atoms with Gasteiger partial charge in [0.05, 0.1) is 5.69 Å². The van der Waals surface area contributed by atoms with Gasteiger partial charge in [0.25, 0.3) is 0 Å². The van der Waals surface area contributed by atoms with E-state index in [1.807, 2.05) is 23.6 Å². The minimum atomic E-state index is 0.594. The third kappa shape index (κ3) is 1.65. The first-order valence-corrected chi connectivity index (χ1v) is 5.27. The Bertz CT molecular complexity index is 515. The summed E-state index contributed by atoms with van der Waals surface area (Å²) >= 11 is 8.57. The van der Waals surface area contributed by atoms with E-state index in [0.717, 1.165) is 10.2 Å². The smallest absolute Gasteiger partial charge is 0.199 e. The van der Waals surface area contributed by atoms with Crippen LogP contribution < -0.4 is 0 Å². The highest BCUT2D eigenvalue weighted by Gasteiger charge is 2.03. The van der Waals surface area contributed by atoms with Crippen LogP contribution in [-0.4, -0.2) is 14.8 Å². The van der Waals surface area contributed by atoms with E-state index in [4.69, 9.17) is 12.2 Å². The number of rotatable bonds is 1. The Morgan fingerprint density at radius 3 is 2.93 bits per heavy atom. The molecule has 0 unspecified atom stereocenters. The number of hydrogen-bond acceptors (Lipinski definition) is 2. The van der Waals surface area contributed by atoms with Crippen LogP contribution in [0.15, 0.2) is 29.0 Å². The van der Waals surface area contributed by atoms with Crippen molar-refractivity contribution < 1.29 is 0 Å². The largest absolute Gasteiger partial charge is 0.274 e. The molecular formula is C9H8BrN3S. The summed E-state index contributed by atoms with van der Waals surface area (Å²) in [7, 11) is 0. The molecule has 3 nitrogen and oxygen atoms in total. The molecule has 2 rings (SSSR count). The Morgan fingerprint density at radius 1 is 1.50 bits per heavy atom. The van der Waals surface area contributed by atoms with Crippen LogP contribution in [0, 0.1) is 11.7 Å². The van der Waals surface area contributed by atoms with Gasteiger partial charge in [-0.15, -0.1) is 0 Å². The van der Waals surface area contributed by atoms with Gasteiger partial charge < -0.3 is 0 Å². The zero-order valence-electron chi connectivity index (χ0n) is 7.49. The van der Waals surface area contributed by atoms with Crippen molar-refractivity contribution in [1.29, 1.82) is 0 Å². The summed E-state index contributed by atoms with van der Waals surface area (Å²) < 4.78 is 3.42. The second kappa shape index (κ2) is 3.67. The molecule has 1 aromatic carbocycles. The van der Waals surface area contributed by atoms with E-state index in [-0.39, 0.29) is 0 Å². The molecule has 2 aromatic rings. The fraction of sp³-hybridized carbons (Fsp3) is 0.111. The molecule has 0 aliphatic carbocycles. The monoisotopic (exact) mass is 269 g/mol. The molecule has 0 bridgehead atoms. The average Bonchev–Trinajstić information content (AvgIpc) is 2.56. The molecule has 0 spiro atoms. The van der Waals surface area contributed by atoms with Crippen molar-refractivity contribution in [2.45, 2.75) is 6.92 Å². The molecule has 0 aliphatic rings. The van der Waals surface area contributed by atoms with Gasteiger partial charge in [-0.2, -0.15) is 5.10 Å². The number of nitrogens with one attached hydrogen (secondary N) is 1. The summed E-state index contributed by atoms with van der Waals surface area (Å²) in [6, 6.07) is 6.09. The number of benzene rings is 1. The molecule has 72 valence electrons. The summed E-state index contributed by atoms with van der Waals surface area (Å²) in [6.07, 6.45) is 1.67. The molecule has 0 amide bonds. The van der Waals surface area contributed by atoms with Gasteiger partial charge in [-0.3, -0.25) is 9.67 Å². The zero-order chi connectivity index (χ0) is 10.1. The van der Waals surface area contributed by atoms with Crippen LogP contribution in [0.5, 0.6) is 0 Å². The third-order valence-electron chi connectivity index (χ3n) is 1.91. The van der Waals surface area contributed by atoms with E-state index >= 15 is 0 Å². The molecule has 0 radical (unpaired) electrons. The van der Waals surface area contributed by atoms with Gasteiger partial charge in [0, 0.05) is 4.47 Å². The van der Waals surface area contributed by atoms with Gasteiger partial charge in [-0.25, -0.2) is 0 Å². The van der Waals surface area contributed by atoms with Crippen LogP contribution in [0.3, 0.4) is 0 Å². The molecule has 1 N–H and O–H groups in total. The number of aromatic amines is 1. The predicted octanol–water partition coefficient (Wildman–Crippen LogP) is 3.00. The number of halogens is 1. The van der Waals surface area contributed by atoms with Crippen molar-refractivity contribution in [2.75, 3.05) is 0 Å². The van der Waals surface area contributed by atoms with Gasteiger partial charge in [0.15, 0.2) is 4.77 Å². The summed E-state index contributed by atoms with van der Waals surface area (Å²) in [5.74, 6) is 0. The fourth-order valence-electron chi connectivity index (χ4n) is 1.23. The van der Waals surface area contributed by atoms with Gasteiger partial charge in [-0.1, -0.05) is 6.07 Å². The topological polar surface area (TPSA) is 33.6 Å². The minimum Gasteiger partial charge on any atom is -0.274 e. The van der Waals surface area contributed by atoms with Gasteiger partial charge in [-0.05, 0) is 52.8 Å². The number of aryl methyl sites for hydroxylation is 1. The first-order chi connectivity index (χ1) is 6.68. The van der Waals surface area contributed by atoms with Crippen LogP contribution in [0.1, 0.15) is 5.56 Å². The van der Waals surface area contributed by atoms with Gasteiger partial charge >= 0.3 is 0 Å². The van der Waals surface area contributed by atoms with Crippen molar-refractivity contribution in [3.8, 4) is 5.69 Å². The summed E-state index contributed by atoms with van der Waals surface area (Å²) in [5, 5.41) is 6.60. The molecule has 0 atom stereocenters. The van der Waals surface area contributed by atoms with E-state index in [1.54, 1.807) is 6.33 Å². The maximum absolute atomic E-state index is 5.09. The van der Waals surface area contributed by atoms with E-state index in [0.29, 0.717) is 4.77 Å². The van der Waals surface area contributed by atoms with E-state index in [1.165, 1.54) is 5.56 Å². The molecule has 5 heteroatoms. The third-order valence-corrected chi connectivity index (χ3v) is 2.87. The maximum atomic E-state index is 5.09. The Labute approximate surface area is 94.9 Å². The molecule has 14 heavy (non-hydrogen) atoms. The second-order valence-corrected chi connectivity index (χ2v) is 4.23. The van der Waals surface area contributed by atoms with E-state index in [9.17, 15) is 0 Å². The quantitative estimate of drug-likeness (QED) is 0.808. The molecule has 0 fully saturated rings. The van der Waals surface area contributed by atoms with Crippen LogP contribution in [0.4, 0.5) is 0 Å². The Hall–Kier alpha value is -0.940. The predicted molar refractivity (Wildman–Crippen MR) is 61.2 cm³/mol. The Balaban J connectivity index is 2.68. The highest BCUT2D eigenvalue weighted by Crippen LogP contribution is 2.21. The van der Waals surface area contributed by atoms with E-state index in [2.05, 4.69) is 32.2 Å². The second-order valence-electron chi connectivity index (χ2n) is 2.99. The van der Waals surface area contributed by atoms with Crippen LogP contribution in [-0.2, 0) is 0 Å². The lowest BCUT2D eigenvalue weighted by atomic mass is 10.2. The molecule has 1 heterocycles. The molecule has 0 aliphatic heterocycles. The summed E-state index contributed by atoms with van der Waals surface area (Å²) in [6.45, 7) is 2.04. The molecular weight excluding hydrogens is 262 g/mol. The number of nitrogens with zero attached hydrogens (tertiary/aromatic N) is 2. The van der Waals surface area contributed by atoms with Crippen LogP contribution >= 0.6 is 28.1 Å². The molecule has 0 saturated carbocycles. The van der Waals surface area contributed by atoms with E-state index < -0.39 is 0 Å². The summed E-state index contributed by atoms with van der Waals surface area (Å²) in [4.78, 5) is 0. The SMILES string of the molecule is Cc1ccc(Br)c(-n2cn[nH]c2=S)c1. The Kier molecular flexibility index (Phi) is 2.52. The highest BCUT2D eigenvalue weighted by atomic mass is 79.9. The Morgan fingerprint density at radius 2 is 2.29 bits per heavy atom. The van der Waals surface area contributed by atoms with Gasteiger partial charge in [0.1, 0.15) is 6.33 Å².